The van der Waals surface area contributed by atoms with Crippen molar-refractivity contribution in [3.8, 4) is 0 Å². The fourth-order valence-electron chi connectivity index (χ4n) is 1.90. The van der Waals surface area contributed by atoms with Crippen LogP contribution < -0.4 is 0 Å². The molecule has 0 aliphatic rings. The van der Waals surface area contributed by atoms with E-state index in [2.05, 4.69) is 18.8 Å². The number of hydrogen-bond donors (Lipinski definition) is 0. The van der Waals surface area contributed by atoms with Crippen molar-refractivity contribution < 1.29 is 4.79 Å². The van der Waals surface area contributed by atoms with Crippen molar-refractivity contribution in [2.45, 2.75) is 26.7 Å². The van der Waals surface area contributed by atoms with E-state index in [1.54, 1.807) is 18.5 Å². The minimum absolute atomic E-state index is 0.0604. The first kappa shape index (κ1) is 12.5. The molecule has 1 heterocycles. The Labute approximate surface area is 108 Å². The zero-order valence-corrected chi connectivity index (χ0v) is 11.0. The maximum absolute atomic E-state index is 12.3. The number of carbonyl (C=O) groups excluding carboxylic acids is 1. The number of benzene rings is 1. The number of rotatable bonds is 3. The average Bonchev–Trinajstić information content (AvgIpc) is 2.38. The van der Waals surface area contributed by atoms with Crippen molar-refractivity contribution in [3.05, 3.63) is 65.0 Å². The van der Waals surface area contributed by atoms with Gasteiger partial charge >= 0.3 is 0 Å². The summed E-state index contributed by atoms with van der Waals surface area (Å²) in [5.41, 5.74) is 3.62. The summed E-state index contributed by atoms with van der Waals surface area (Å²) in [6.07, 6.45) is 3.37. The zero-order valence-electron chi connectivity index (χ0n) is 11.0. The van der Waals surface area contributed by atoms with Crippen molar-refractivity contribution in [3.63, 3.8) is 0 Å². The van der Waals surface area contributed by atoms with E-state index < -0.39 is 0 Å². The Bertz CT molecular complexity index is 556. The number of hydrogen-bond acceptors (Lipinski definition) is 2. The molecule has 2 rings (SSSR count). The molecule has 0 aliphatic heterocycles. The summed E-state index contributed by atoms with van der Waals surface area (Å²) < 4.78 is 0. The summed E-state index contributed by atoms with van der Waals surface area (Å²) in [6, 6.07) is 9.62. The van der Waals surface area contributed by atoms with Crippen molar-refractivity contribution in [1.29, 1.82) is 0 Å². The maximum atomic E-state index is 12.3. The Kier molecular flexibility index (Phi) is 3.56. The fourth-order valence-corrected chi connectivity index (χ4v) is 1.90. The topological polar surface area (TPSA) is 30.0 Å². The van der Waals surface area contributed by atoms with Crippen molar-refractivity contribution in [2.75, 3.05) is 0 Å². The molecule has 2 heteroatoms. The van der Waals surface area contributed by atoms with Gasteiger partial charge in [-0.25, -0.2) is 0 Å². The standard InChI is InChI=1S/C16H17NO/c1-11(2)13-4-6-14(7-5-13)16(18)15-8-9-17-10-12(15)3/h4-11H,1-3H3. The van der Waals surface area contributed by atoms with Gasteiger partial charge < -0.3 is 0 Å². The molecule has 0 aliphatic carbocycles. The molecule has 0 amide bonds. The molecule has 0 fully saturated rings. The van der Waals surface area contributed by atoms with Gasteiger partial charge in [0.1, 0.15) is 0 Å². The minimum atomic E-state index is 0.0604. The quantitative estimate of drug-likeness (QED) is 0.764. The van der Waals surface area contributed by atoms with Crippen LogP contribution in [-0.2, 0) is 0 Å². The van der Waals surface area contributed by atoms with Crippen molar-refractivity contribution in [1.82, 2.24) is 4.98 Å². The molecular weight excluding hydrogens is 222 g/mol. The van der Waals surface area contributed by atoms with Crippen LogP contribution in [0.25, 0.3) is 0 Å². The second kappa shape index (κ2) is 5.13. The molecule has 0 atom stereocenters. The number of pyridine rings is 1. The summed E-state index contributed by atoms with van der Waals surface area (Å²) in [6.45, 7) is 6.19. The summed E-state index contributed by atoms with van der Waals surface area (Å²) >= 11 is 0. The second-order valence-electron chi connectivity index (χ2n) is 4.80. The highest BCUT2D eigenvalue weighted by Gasteiger charge is 2.11. The Hall–Kier alpha value is -1.96. The molecule has 0 N–H and O–H groups in total. The lowest BCUT2D eigenvalue weighted by atomic mass is 9.97. The normalized spacial score (nSPS) is 10.7. The van der Waals surface area contributed by atoms with Gasteiger partial charge in [-0.3, -0.25) is 9.78 Å². The molecule has 0 saturated heterocycles. The molecule has 0 unspecified atom stereocenters. The molecular formula is C16H17NO. The molecule has 2 aromatic rings. The number of nitrogens with zero attached hydrogens (tertiary/aromatic N) is 1. The number of aromatic nitrogens is 1. The lowest BCUT2D eigenvalue weighted by molar-refractivity contribution is 0.103. The Morgan fingerprint density at radius 1 is 1.11 bits per heavy atom. The SMILES string of the molecule is Cc1cnccc1C(=O)c1ccc(C(C)C)cc1. The number of ketones is 1. The fraction of sp³-hybridized carbons (Fsp3) is 0.250. The van der Waals surface area contributed by atoms with Gasteiger partial charge in [0.25, 0.3) is 0 Å². The van der Waals surface area contributed by atoms with E-state index in [9.17, 15) is 4.79 Å². The van der Waals surface area contributed by atoms with Crippen LogP contribution in [-0.4, -0.2) is 10.8 Å². The third kappa shape index (κ3) is 2.48. The second-order valence-corrected chi connectivity index (χ2v) is 4.80. The van der Waals surface area contributed by atoms with Crippen LogP contribution in [0.5, 0.6) is 0 Å². The molecule has 1 aromatic carbocycles. The highest BCUT2D eigenvalue weighted by molar-refractivity contribution is 6.09. The molecule has 18 heavy (non-hydrogen) atoms. The first-order valence-electron chi connectivity index (χ1n) is 6.15. The van der Waals surface area contributed by atoms with E-state index in [4.69, 9.17) is 0 Å². The molecule has 92 valence electrons. The maximum Gasteiger partial charge on any atom is 0.193 e. The summed E-state index contributed by atoms with van der Waals surface area (Å²) in [5, 5.41) is 0. The van der Waals surface area contributed by atoms with Gasteiger partial charge in [-0.2, -0.15) is 0 Å². The molecule has 1 aromatic heterocycles. The smallest absolute Gasteiger partial charge is 0.193 e. The summed E-state index contributed by atoms with van der Waals surface area (Å²) in [7, 11) is 0. The Morgan fingerprint density at radius 2 is 1.78 bits per heavy atom. The van der Waals surface area contributed by atoms with E-state index >= 15 is 0 Å². The van der Waals surface area contributed by atoms with Gasteiger partial charge in [0, 0.05) is 23.5 Å². The molecule has 0 saturated carbocycles. The van der Waals surface area contributed by atoms with Gasteiger partial charge in [0.05, 0.1) is 0 Å². The van der Waals surface area contributed by atoms with E-state index in [1.165, 1.54) is 5.56 Å². The van der Waals surface area contributed by atoms with Gasteiger partial charge in [-0.1, -0.05) is 38.1 Å². The Balaban J connectivity index is 2.32. The third-order valence-electron chi connectivity index (χ3n) is 3.10. The lowest BCUT2D eigenvalue weighted by Crippen LogP contribution is -2.04. The van der Waals surface area contributed by atoms with Gasteiger partial charge in [0.15, 0.2) is 5.78 Å². The van der Waals surface area contributed by atoms with Gasteiger partial charge in [-0.15, -0.1) is 0 Å². The monoisotopic (exact) mass is 239 g/mol. The van der Waals surface area contributed by atoms with Crippen molar-refractivity contribution >= 4 is 5.78 Å². The Morgan fingerprint density at radius 3 is 2.33 bits per heavy atom. The highest BCUT2D eigenvalue weighted by Crippen LogP contribution is 2.17. The summed E-state index contributed by atoms with van der Waals surface area (Å²) in [4.78, 5) is 16.3. The predicted molar refractivity (Wildman–Crippen MR) is 72.9 cm³/mol. The van der Waals surface area contributed by atoms with E-state index in [0.717, 1.165) is 16.7 Å². The van der Waals surface area contributed by atoms with Crippen LogP contribution in [0.15, 0.2) is 42.7 Å². The highest BCUT2D eigenvalue weighted by atomic mass is 16.1. The largest absolute Gasteiger partial charge is 0.289 e. The lowest BCUT2D eigenvalue weighted by Gasteiger charge is -2.07. The molecule has 0 bridgehead atoms. The van der Waals surface area contributed by atoms with Crippen LogP contribution in [0.1, 0.15) is 46.8 Å². The van der Waals surface area contributed by atoms with E-state index in [0.29, 0.717) is 5.92 Å². The number of aryl methyl sites for hydroxylation is 1. The minimum Gasteiger partial charge on any atom is -0.289 e. The molecule has 0 radical (unpaired) electrons. The van der Waals surface area contributed by atoms with Crippen LogP contribution in [0.2, 0.25) is 0 Å². The van der Waals surface area contributed by atoms with Crippen LogP contribution in [0.3, 0.4) is 0 Å². The van der Waals surface area contributed by atoms with Gasteiger partial charge in [0.2, 0.25) is 0 Å². The van der Waals surface area contributed by atoms with Crippen molar-refractivity contribution in [2.24, 2.45) is 0 Å². The van der Waals surface area contributed by atoms with E-state index in [1.807, 2.05) is 31.2 Å². The van der Waals surface area contributed by atoms with Crippen LogP contribution >= 0.6 is 0 Å². The van der Waals surface area contributed by atoms with E-state index in [-0.39, 0.29) is 5.78 Å². The third-order valence-corrected chi connectivity index (χ3v) is 3.10. The van der Waals surface area contributed by atoms with Crippen LogP contribution in [0.4, 0.5) is 0 Å². The first-order valence-corrected chi connectivity index (χ1v) is 6.15. The average molecular weight is 239 g/mol. The molecule has 0 spiro atoms. The first-order chi connectivity index (χ1) is 8.59. The predicted octanol–water partition coefficient (Wildman–Crippen LogP) is 3.74. The summed E-state index contributed by atoms with van der Waals surface area (Å²) in [5.74, 6) is 0.544. The van der Waals surface area contributed by atoms with Gasteiger partial charge in [-0.05, 0) is 30.0 Å². The van der Waals surface area contributed by atoms with Crippen LogP contribution in [0, 0.1) is 6.92 Å². The number of carbonyl (C=O) groups is 1. The zero-order chi connectivity index (χ0) is 13.1. The molecule has 2 nitrogen and oxygen atoms in total.